The highest BCUT2D eigenvalue weighted by atomic mass is 16.5. The highest BCUT2D eigenvalue weighted by Crippen LogP contribution is 2.30. The molecule has 1 saturated carbocycles. The van der Waals surface area contributed by atoms with Gasteiger partial charge in [0.05, 0.1) is 0 Å². The molecule has 0 atom stereocenters. The number of amides is 3. The van der Waals surface area contributed by atoms with Crippen LogP contribution in [0.2, 0.25) is 0 Å². The zero-order chi connectivity index (χ0) is 19.2. The molecule has 7 nitrogen and oxygen atoms in total. The van der Waals surface area contributed by atoms with Gasteiger partial charge in [0.25, 0.3) is 5.91 Å². The Bertz CT molecular complexity index is 845. The molecule has 0 saturated heterocycles. The fourth-order valence-corrected chi connectivity index (χ4v) is 2.44. The molecule has 140 valence electrons. The van der Waals surface area contributed by atoms with Gasteiger partial charge in [-0.25, -0.2) is 0 Å². The van der Waals surface area contributed by atoms with Gasteiger partial charge >= 0.3 is 0 Å². The first kappa shape index (κ1) is 18.4. The third-order valence-corrected chi connectivity index (χ3v) is 4.15. The Hall–Kier alpha value is -3.35. The number of hydrogen-bond donors (Lipinski definition) is 3. The highest BCUT2D eigenvalue weighted by Gasteiger charge is 2.29. The second-order valence-corrected chi connectivity index (χ2v) is 6.42. The Morgan fingerprint density at radius 2 is 1.81 bits per heavy atom. The summed E-state index contributed by atoms with van der Waals surface area (Å²) in [4.78, 5) is 34.8. The van der Waals surface area contributed by atoms with Gasteiger partial charge in [-0.3, -0.25) is 14.4 Å². The van der Waals surface area contributed by atoms with Crippen LogP contribution in [-0.4, -0.2) is 24.3 Å². The number of primary amides is 1. The van der Waals surface area contributed by atoms with Crippen molar-refractivity contribution in [3.63, 3.8) is 0 Å². The van der Waals surface area contributed by atoms with Crippen molar-refractivity contribution in [2.75, 3.05) is 11.9 Å². The number of rotatable bonds is 8. The Morgan fingerprint density at radius 3 is 2.48 bits per heavy atom. The molecular weight excluding hydrogens is 346 g/mol. The summed E-state index contributed by atoms with van der Waals surface area (Å²) in [5, 5.41) is 5.58. The minimum atomic E-state index is -0.491. The molecule has 1 aliphatic rings. The molecule has 27 heavy (non-hydrogen) atoms. The molecule has 0 aliphatic heterocycles. The average molecular weight is 367 g/mol. The van der Waals surface area contributed by atoms with E-state index in [4.69, 9.17) is 10.5 Å². The summed E-state index contributed by atoms with van der Waals surface area (Å²) in [5.41, 5.74) is 7.10. The van der Waals surface area contributed by atoms with Crippen LogP contribution in [0.4, 0.5) is 5.69 Å². The standard InChI is InChI=1S/C20H21N3O4/c21-19(25)14-6-4-13(5-7-14)11-22-18(24)12-27-17-3-1-2-16(10-17)23-20(26)15-8-9-15/h1-7,10,15H,8-9,11-12H2,(H2,21,25)(H,22,24)(H,23,26). The molecule has 7 heteroatoms. The van der Waals surface area contributed by atoms with Crippen molar-refractivity contribution in [3.8, 4) is 5.75 Å². The van der Waals surface area contributed by atoms with Crippen LogP contribution in [-0.2, 0) is 16.1 Å². The third-order valence-electron chi connectivity index (χ3n) is 4.15. The van der Waals surface area contributed by atoms with Crippen LogP contribution >= 0.6 is 0 Å². The number of ether oxygens (including phenoxy) is 1. The lowest BCUT2D eigenvalue weighted by Crippen LogP contribution is -2.28. The molecule has 0 aromatic heterocycles. The van der Waals surface area contributed by atoms with Crippen LogP contribution < -0.4 is 21.1 Å². The van der Waals surface area contributed by atoms with Gasteiger partial charge in [-0.1, -0.05) is 18.2 Å². The molecule has 2 aromatic rings. The number of nitrogens with two attached hydrogens (primary N) is 1. The van der Waals surface area contributed by atoms with Crippen molar-refractivity contribution >= 4 is 23.4 Å². The predicted molar refractivity (Wildman–Crippen MR) is 100 cm³/mol. The van der Waals surface area contributed by atoms with E-state index < -0.39 is 5.91 Å². The van der Waals surface area contributed by atoms with Gasteiger partial charge in [-0.2, -0.15) is 0 Å². The second-order valence-electron chi connectivity index (χ2n) is 6.42. The fourth-order valence-electron chi connectivity index (χ4n) is 2.44. The largest absolute Gasteiger partial charge is 0.484 e. The molecule has 0 spiro atoms. The van der Waals surface area contributed by atoms with Crippen molar-refractivity contribution in [2.24, 2.45) is 11.7 Å². The van der Waals surface area contributed by atoms with E-state index >= 15 is 0 Å². The van der Waals surface area contributed by atoms with Crippen molar-refractivity contribution < 1.29 is 19.1 Å². The van der Waals surface area contributed by atoms with E-state index in [1.54, 1.807) is 48.5 Å². The zero-order valence-electron chi connectivity index (χ0n) is 14.7. The lowest BCUT2D eigenvalue weighted by molar-refractivity contribution is -0.123. The second kappa shape index (κ2) is 8.35. The van der Waals surface area contributed by atoms with Crippen molar-refractivity contribution in [1.82, 2.24) is 5.32 Å². The molecular formula is C20H21N3O4. The fraction of sp³-hybridized carbons (Fsp3) is 0.250. The van der Waals surface area contributed by atoms with E-state index in [0.29, 0.717) is 23.5 Å². The zero-order valence-corrected chi connectivity index (χ0v) is 14.7. The summed E-state index contributed by atoms with van der Waals surface area (Å²) < 4.78 is 5.48. The first-order valence-corrected chi connectivity index (χ1v) is 8.70. The van der Waals surface area contributed by atoms with Gasteiger partial charge in [0.15, 0.2) is 6.61 Å². The normalized spacial score (nSPS) is 12.9. The summed E-state index contributed by atoms with van der Waals surface area (Å²) >= 11 is 0. The smallest absolute Gasteiger partial charge is 0.258 e. The number of carbonyl (C=O) groups is 3. The van der Waals surface area contributed by atoms with Crippen LogP contribution in [0, 0.1) is 5.92 Å². The lowest BCUT2D eigenvalue weighted by Gasteiger charge is -2.10. The van der Waals surface area contributed by atoms with E-state index in [0.717, 1.165) is 18.4 Å². The minimum absolute atomic E-state index is 0.0206. The summed E-state index contributed by atoms with van der Waals surface area (Å²) in [6.45, 7) is 0.179. The maximum atomic E-state index is 11.9. The summed E-state index contributed by atoms with van der Waals surface area (Å²) in [7, 11) is 0. The van der Waals surface area contributed by atoms with Gasteiger partial charge < -0.3 is 21.1 Å². The van der Waals surface area contributed by atoms with E-state index in [1.165, 1.54) is 0 Å². The molecule has 3 rings (SSSR count). The number of carbonyl (C=O) groups excluding carboxylic acids is 3. The lowest BCUT2D eigenvalue weighted by atomic mass is 10.1. The molecule has 4 N–H and O–H groups in total. The van der Waals surface area contributed by atoms with Crippen molar-refractivity contribution in [3.05, 3.63) is 59.7 Å². The van der Waals surface area contributed by atoms with Crippen molar-refractivity contribution in [1.29, 1.82) is 0 Å². The van der Waals surface area contributed by atoms with E-state index in [9.17, 15) is 14.4 Å². The average Bonchev–Trinajstić information content (AvgIpc) is 3.50. The van der Waals surface area contributed by atoms with Gasteiger partial charge in [0, 0.05) is 29.8 Å². The highest BCUT2D eigenvalue weighted by molar-refractivity contribution is 5.94. The van der Waals surface area contributed by atoms with Gasteiger partial charge in [0.2, 0.25) is 11.8 Å². The van der Waals surface area contributed by atoms with Crippen LogP contribution in [0.3, 0.4) is 0 Å². The molecule has 2 aromatic carbocycles. The third kappa shape index (κ3) is 5.57. The van der Waals surface area contributed by atoms with Gasteiger partial charge in [-0.15, -0.1) is 0 Å². The summed E-state index contributed by atoms with van der Waals surface area (Å²) in [6.07, 6.45) is 1.88. The number of hydrogen-bond acceptors (Lipinski definition) is 4. The monoisotopic (exact) mass is 367 g/mol. The number of anilines is 1. The maximum absolute atomic E-state index is 11.9. The Kier molecular flexibility index (Phi) is 5.71. The molecule has 0 unspecified atom stereocenters. The molecule has 0 heterocycles. The number of benzene rings is 2. The first-order valence-electron chi connectivity index (χ1n) is 8.70. The predicted octanol–water partition coefficient (Wildman–Crippen LogP) is 1.83. The van der Waals surface area contributed by atoms with Crippen LogP contribution in [0.15, 0.2) is 48.5 Å². The van der Waals surface area contributed by atoms with E-state index in [2.05, 4.69) is 10.6 Å². The first-order chi connectivity index (χ1) is 13.0. The van der Waals surface area contributed by atoms with Crippen LogP contribution in [0.1, 0.15) is 28.8 Å². The molecule has 0 bridgehead atoms. The Labute approximate surface area is 156 Å². The molecule has 1 aliphatic carbocycles. The Morgan fingerprint density at radius 1 is 1.07 bits per heavy atom. The summed E-state index contributed by atoms with van der Waals surface area (Å²) in [6, 6.07) is 13.6. The Balaban J connectivity index is 1.44. The quantitative estimate of drug-likeness (QED) is 0.661. The van der Waals surface area contributed by atoms with Gasteiger partial charge in [-0.05, 0) is 42.7 Å². The number of nitrogens with one attached hydrogen (secondary N) is 2. The van der Waals surface area contributed by atoms with Crippen LogP contribution in [0.25, 0.3) is 0 Å². The van der Waals surface area contributed by atoms with E-state index in [1.807, 2.05) is 0 Å². The SMILES string of the molecule is NC(=O)c1ccc(CNC(=O)COc2cccc(NC(=O)C3CC3)c2)cc1. The van der Waals surface area contributed by atoms with Crippen LogP contribution in [0.5, 0.6) is 5.75 Å². The molecule has 3 amide bonds. The topological polar surface area (TPSA) is 111 Å². The maximum Gasteiger partial charge on any atom is 0.258 e. The molecule has 0 radical (unpaired) electrons. The van der Waals surface area contributed by atoms with Crippen molar-refractivity contribution in [2.45, 2.75) is 19.4 Å². The van der Waals surface area contributed by atoms with E-state index in [-0.39, 0.29) is 24.3 Å². The summed E-state index contributed by atoms with van der Waals surface area (Å²) in [5.74, 6) is -0.120. The molecule has 1 fully saturated rings. The minimum Gasteiger partial charge on any atom is -0.484 e. The van der Waals surface area contributed by atoms with Gasteiger partial charge in [0.1, 0.15) is 5.75 Å².